The predicted molar refractivity (Wildman–Crippen MR) is 98.3 cm³/mol. The summed E-state index contributed by atoms with van der Waals surface area (Å²) < 4.78 is 40.4. The van der Waals surface area contributed by atoms with Gasteiger partial charge in [-0.15, -0.1) is 0 Å². The van der Waals surface area contributed by atoms with Gasteiger partial charge < -0.3 is 5.32 Å². The summed E-state index contributed by atoms with van der Waals surface area (Å²) in [6.45, 7) is 0.137. The molecule has 0 saturated carbocycles. The molecule has 3 heterocycles. The second-order valence-corrected chi connectivity index (χ2v) is 6.78. The summed E-state index contributed by atoms with van der Waals surface area (Å²) in [5.41, 5.74) is 1.65. The standard InChI is InChI=1S/C17H11ClF3N5S/c18-16-24-14(22-7-10-2-1-3-11(6-10)17(19,20)21)13-15(25-16)26(9-23-13)12-4-5-27-8-12/h1-6,8-9H,7H2,(H,22,24,25). The number of alkyl halides is 3. The Morgan fingerprint density at radius 1 is 1.19 bits per heavy atom. The van der Waals surface area contributed by atoms with Crippen LogP contribution < -0.4 is 5.32 Å². The van der Waals surface area contributed by atoms with Crippen molar-refractivity contribution in [1.29, 1.82) is 0 Å². The molecule has 10 heteroatoms. The zero-order valence-corrected chi connectivity index (χ0v) is 15.1. The molecule has 4 aromatic rings. The maximum atomic E-state index is 12.9. The molecule has 1 aromatic carbocycles. The van der Waals surface area contributed by atoms with Crippen LogP contribution in [0.3, 0.4) is 0 Å². The van der Waals surface area contributed by atoms with Crippen LogP contribution in [-0.2, 0) is 12.7 Å². The van der Waals surface area contributed by atoms with E-state index in [1.807, 2.05) is 16.8 Å². The van der Waals surface area contributed by atoms with E-state index in [4.69, 9.17) is 11.6 Å². The van der Waals surface area contributed by atoms with Gasteiger partial charge in [-0.2, -0.15) is 34.5 Å². The smallest absolute Gasteiger partial charge is 0.364 e. The first-order valence-electron chi connectivity index (χ1n) is 7.75. The van der Waals surface area contributed by atoms with Gasteiger partial charge >= 0.3 is 6.18 Å². The molecule has 0 aliphatic rings. The van der Waals surface area contributed by atoms with Crippen molar-refractivity contribution in [3.05, 3.63) is 63.8 Å². The third-order valence-corrected chi connectivity index (χ3v) is 4.71. The first kappa shape index (κ1) is 17.7. The zero-order valence-electron chi connectivity index (χ0n) is 13.5. The van der Waals surface area contributed by atoms with Crippen LogP contribution in [0.25, 0.3) is 16.9 Å². The van der Waals surface area contributed by atoms with Crippen molar-refractivity contribution in [3.8, 4) is 5.69 Å². The average Bonchev–Trinajstić information content (AvgIpc) is 3.28. The molecule has 0 unspecified atom stereocenters. The van der Waals surface area contributed by atoms with E-state index in [1.165, 1.54) is 17.4 Å². The van der Waals surface area contributed by atoms with Gasteiger partial charge in [-0.25, -0.2) is 4.98 Å². The Morgan fingerprint density at radius 3 is 2.78 bits per heavy atom. The van der Waals surface area contributed by atoms with Crippen LogP contribution in [0.2, 0.25) is 5.28 Å². The van der Waals surface area contributed by atoms with Crippen LogP contribution in [0, 0.1) is 0 Å². The lowest BCUT2D eigenvalue weighted by Gasteiger charge is -2.10. The lowest BCUT2D eigenvalue weighted by Crippen LogP contribution is -2.08. The minimum absolute atomic E-state index is 0.0195. The molecule has 0 radical (unpaired) electrons. The molecule has 0 fully saturated rings. The molecule has 27 heavy (non-hydrogen) atoms. The van der Waals surface area contributed by atoms with Crippen LogP contribution in [0.4, 0.5) is 19.0 Å². The SMILES string of the molecule is FC(F)(F)c1cccc(CNc2nc(Cl)nc3c2ncn3-c2ccsc2)c1. The summed E-state index contributed by atoms with van der Waals surface area (Å²) >= 11 is 7.56. The number of benzene rings is 1. The highest BCUT2D eigenvalue weighted by molar-refractivity contribution is 7.08. The van der Waals surface area contributed by atoms with E-state index in [-0.39, 0.29) is 11.8 Å². The Balaban J connectivity index is 1.65. The minimum Gasteiger partial charge on any atom is -0.364 e. The van der Waals surface area contributed by atoms with Gasteiger partial charge in [0, 0.05) is 11.9 Å². The Morgan fingerprint density at radius 2 is 2.04 bits per heavy atom. The fraction of sp³-hybridized carbons (Fsp3) is 0.118. The normalized spacial score (nSPS) is 11.9. The molecule has 0 atom stereocenters. The molecule has 0 aliphatic carbocycles. The molecular formula is C17H11ClF3N5S. The Bertz CT molecular complexity index is 1090. The molecule has 4 rings (SSSR count). The molecule has 0 bridgehead atoms. The maximum Gasteiger partial charge on any atom is 0.416 e. The molecule has 0 amide bonds. The fourth-order valence-electron chi connectivity index (χ4n) is 2.62. The van der Waals surface area contributed by atoms with Gasteiger partial charge in [0.15, 0.2) is 17.0 Å². The summed E-state index contributed by atoms with van der Waals surface area (Å²) in [7, 11) is 0. The topological polar surface area (TPSA) is 55.6 Å². The Labute approximate surface area is 160 Å². The number of anilines is 1. The first-order valence-corrected chi connectivity index (χ1v) is 9.07. The van der Waals surface area contributed by atoms with Crippen molar-refractivity contribution in [3.63, 3.8) is 0 Å². The number of rotatable bonds is 4. The second-order valence-electron chi connectivity index (χ2n) is 5.66. The number of aromatic nitrogens is 4. The number of fused-ring (bicyclic) bond motifs is 1. The van der Waals surface area contributed by atoms with Crippen molar-refractivity contribution in [2.75, 3.05) is 5.32 Å². The molecule has 1 N–H and O–H groups in total. The van der Waals surface area contributed by atoms with E-state index in [0.29, 0.717) is 22.5 Å². The number of nitrogens with one attached hydrogen (secondary N) is 1. The lowest BCUT2D eigenvalue weighted by atomic mass is 10.1. The van der Waals surface area contributed by atoms with Gasteiger partial charge in [-0.3, -0.25) is 4.57 Å². The van der Waals surface area contributed by atoms with Gasteiger partial charge in [0.05, 0.1) is 11.3 Å². The largest absolute Gasteiger partial charge is 0.416 e. The second kappa shape index (κ2) is 6.82. The van der Waals surface area contributed by atoms with E-state index in [1.54, 1.807) is 17.0 Å². The van der Waals surface area contributed by atoms with Crippen LogP contribution in [-0.4, -0.2) is 19.5 Å². The van der Waals surface area contributed by atoms with Gasteiger partial charge in [-0.05, 0) is 40.7 Å². The van der Waals surface area contributed by atoms with Crippen LogP contribution in [0.5, 0.6) is 0 Å². The molecule has 0 spiro atoms. The number of imidazole rings is 1. The maximum absolute atomic E-state index is 12.9. The predicted octanol–water partition coefficient (Wildman–Crippen LogP) is 5.16. The monoisotopic (exact) mass is 409 g/mol. The number of hydrogen-bond donors (Lipinski definition) is 1. The molecule has 0 saturated heterocycles. The molecular weight excluding hydrogens is 399 g/mol. The van der Waals surface area contributed by atoms with Crippen LogP contribution in [0.1, 0.15) is 11.1 Å². The van der Waals surface area contributed by atoms with Gasteiger partial charge in [0.25, 0.3) is 0 Å². The van der Waals surface area contributed by atoms with Crippen LogP contribution in [0.15, 0.2) is 47.4 Å². The third-order valence-electron chi connectivity index (χ3n) is 3.87. The van der Waals surface area contributed by atoms with Gasteiger partial charge in [0.2, 0.25) is 5.28 Å². The summed E-state index contributed by atoms with van der Waals surface area (Å²) in [4.78, 5) is 12.7. The summed E-state index contributed by atoms with van der Waals surface area (Å²) in [5.74, 6) is 0.358. The lowest BCUT2D eigenvalue weighted by molar-refractivity contribution is -0.137. The third kappa shape index (κ3) is 3.60. The molecule has 3 aromatic heterocycles. The number of nitrogens with zero attached hydrogens (tertiary/aromatic N) is 4. The quantitative estimate of drug-likeness (QED) is 0.473. The van der Waals surface area contributed by atoms with Crippen molar-refractivity contribution in [1.82, 2.24) is 19.5 Å². The van der Waals surface area contributed by atoms with Crippen molar-refractivity contribution >= 4 is 39.9 Å². The van der Waals surface area contributed by atoms with E-state index in [2.05, 4.69) is 20.3 Å². The Kier molecular flexibility index (Phi) is 4.48. The summed E-state index contributed by atoms with van der Waals surface area (Å²) in [6.07, 6.45) is -2.78. The fourth-order valence-corrected chi connectivity index (χ4v) is 3.42. The van der Waals surface area contributed by atoms with Crippen molar-refractivity contribution in [2.45, 2.75) is 12.7 Å². The van der Waals surface area contributed by atoms with E-state index >= 15 is 0 Å². The van der Waals surface area contributed by atoms with E-state index < -0.39 is 11.7 Å². The number of hydrogen-bond acceptors (Lipinski definition) is 5. The van der Waals surface area contributed by atoms with Crippen molar-refractivity contribution in [2.24, 2.45) is 0 Å². The number of thiophene rings is 1. The average molecular weight is 410 g/mol. The Hall–Kier alpha value is -2.65. The summed E-state index contributed by atoms with van der Waals surface area (Å²) in [6, 6.07) is 7.01. The summed E-state index contributed by atoms with van der Waals surface area (Å²) in [5, 5.41) is 6.89. The van der Waals surface area contributed by atoms with Gasteiger partial charge in [-0.1, -0.05) is 12.1 Å². The zero-order chi connectivity index (χ0) is 19.0. The van der Waals surface area contributed by atoms with Gasteiger partial charge in [0.1, 0.15) is 6.33 Å². The molecule has 5 nitrogen and oxygen atoms in total. The highest BCUT2D eigenvalue weighted by Crippen LogP contribution is 2.30. The van der Waals surface area contributed by atoms with Crippen LogP contribution >= 0.6 is 22.9 Å². The first-order chi connectivity index (χ1) is 12.9. The van der Waals surface area contributed by atoms with E-state index in [9.17, 15) is 13.2 Å². The van der Waals surface area contributed by atoms with Crippen molar-refractivity contribution < 1.29 is 13.2 Å². The highest BCUT2D eigenvalue weighted by Gasteiger charge is 2.30. The van der Waals surface area contributed by atoms with E-state index in [0.717, 1.165) is 17.8 Å². The highest BCUT2D eigenvalue weighted by atomic mass is 35.5. The molecule has 138 valence electrons. The minimum atomic E-state index is -4.39. The molecule has 0 aliphatic heterocycles. The number of halogens is 4.